The van der Waals surface area contributed by atoms with Gasteiger partial charge in [0.25, 0.3) is 0 Å². The Hall–Kier alpha value is -1.96. The van der Waals surface area contributed by atoms with Gasteiger partial charge in [-0.15, -0.1) is 14.8 Å². The van der Waals surface area contributed by atoms with Crippen molar-refractivity contribution in [3.63, 3.8) is 0 Å². The molecule has 7 nitrogen and oxygen atoms in total. The van der Waals surface area contributed by atoms with Crippen LogP contribution in [0.15, 0.2) is 30.3 Å². The molecule has 2 heterocycles. The van der Waals surface area contributed by atoms with E-state index in [0.717, 1.165) is 0 Å². The molecule has 0 spiro atoms. The minimum Gasteiger partial charge on any atom is -0.387 e. The third kappa shape index (κ3) is 3.21. The van der Waals surface area contributed by atoms with Crippen LogP contribution in [0.5, 0.6) is 0 Å². The second-order valence-corrected chi connectivity index (χ2v) is 5.22. The number of hydrogen-bond acceptors (Lipinski definition) is 6. The summed E-state index contributed by atoms with van der Waals surface area (Å²) in [7, 11) is 0. The Balaban J connectivity index is 1.71. The number of nitrogens with one attached hydrogen (secondary N) is 1. The summed E-state index contributed by atoms with van der Waals surface area (Å²) in [5.74, 6) is 0.543. The number of fused-ring (bicyclic) bond motifs is 1. The number of aliphatic hydroxyl groups is 1. The lowest BCUT2D eigenvalue weighted by atomic mass is 10.1. The third-order valence-electron chi connectivity index (χ3n) is 2.82. The number of rotatable bonds is 4. The molecule has 0 aliphatic rings. The second kappa shape index (κ2) is 5.80. The van der Waals surface area contributed by atoms with Crippen molar-refractivity contribution in [2.75, 3.05) is 11.9 Å². The topological polar surface area (TPSA) is 88.2 Å². The average molecular weight is 325 g/mol. The monoisotopic (exact) mass is 324 g/mol. The molecule has 0 aliphatic heterocycles. The first-order valence-electron chi connectivity index (χ1n) is 6.05. The van der Waals surface area contributed by atoms with Crippen molar-refractivity contribution in [2.24, 2.45) is 0 Å². The van der Waals surface area contributed by atoms with Crippen molar-refractivity contribution in [2.45, 2.75) is 6.10 Å². The van der Waals surface area contributed by atoms with Gasteiger partial charge in [0.2, 0.25) is 0 Å². The quantitative estimate of drug-likeness (QED) is 0.762. The summed E-state index contributed by atoms with van der Waals surface area (Å²) in [5.41, 5.74) is 1.17. The van der Waals surface area contributed by atoms with E-state index in [0.29, 0.717) is 27.1 Å². The molecular weight excluding hydrogens is 315 g/mol. The van der Waals surface area contributed by atoms with E-state index >= 15 is 0 Å². The molecule has 0 saturated carbocycles. The van der Waals surface area contributed by atoms with Crippen LogP contribution in [0.3, 0.4) is 0 Å². The van der Waals surface area contributed by atoms with E-state index < -0.39 is 6.10 Å². The molecule has 0 amide bonds. The number of hydrogen-bond donors (Lipinski definition) is 2. The van der Waals surface area contributed by atoms with Crippen molar-refractivity contribution >= 4 is 34.7 Å². The van der Waals surface area contributed by atoms with Crippen molar-refractivity contribution in [1.29, 1.82) is 0 Å². The molecule has 2 aromatic heterocycles. The predicted molar refractivity (Wildman–Crippen MR) is 78.5 cm³/mol. The smallest absolute Gasteiger partial charge is 0.200 e. The van der Waals surface area contributed by atoms with Crippen LogP contribution in [-0.4, -0.2) is 36.9 Å². The molecule has 1 atom stereocenters. The van der Waals surface area contributed by atoms with E-state index in [1.165, 1.54) is 4.63 Å². The Morgan fingerprint density at radius 2 is 1.95 bits per heavy atom. The first-order valence-corrected chi connectivity index (χ1v) is 6.81. The molecule has 0 aliphatic carbocycles. The highest BCUT2D eigenvalue weighted by atomic mass is 35.5. The molecule has 0 saturated heterocycles. The molecule has 3 aromatic rings. The van der Waals surface area contributed by atoms with Crippen molar-refractivity contribution in [3.8, 4) is 0 Å². The van der Waals surface area contributed by atoms with Crippen LogP contribution >= 0.6 is 23.2 Å². The van der Waals surface area contributed by atoms with Gasteiger partial charge in [-0.1, -0.05) is 23.2 Å². The lowest BCUT2D eigenvalue weighted by molar-refractivity contribution is 0.191. The predicted octanol–water partition coefficient (Wildman–Crippen LogP) is 1.97. The molecule has 0 radical (unpaired) electrons. The van der Waals surface area contributed by atoms with Crippen LogP contribution in [-0.2, 0) is 0 Å². The molecule has 3 rings (SSSR count). The standard InChI is InChI=1S/C12H10Cl2N6O/c13-8-3-7(4-9(14)5-8)10(21)6-15-11-1-2-12-16-18-19-20(12)17-11/h1-5,10,21H,6H2,(H,15,17). The lowest BCUT2D eigenvalue weighted by Crippen LogP contribution is -2.14. The minimum atomic E-state index is -0.771. The van der Waals surface area contributed by atoms with Gasteiger partial charge in [0.15, 0.2) is 5.65 Å². The summed E-state index contributed by atoms with van der Waals surface area (Å²) in [4.78, 5) is 0. The van der Waals surface area contributed by atoms with Crippen LogP contribution in [0.1, 0.15) is 11.7 Å². The van der Waals surface area contributed by atoms with Gasteiger partial charge in [-0.25, -0.2) is 0 Å². The van der Waals surface area contributed by atoms with Crippen LogP contribution in [0.2, 0.25) is 10.0 Å². The van der Waals surface area contributed by atoms with Crippen LogP contribution < -0.4 is 5.32 Å². The average Bonchev–Trinajstić information content (AvgIpc) is 2.91. The van der Waals surface area contributed by atoms with E-state index in [9.17, 15) is 5.11 Å². The maximum atomic E-state index is 10.1. The van der Waals surface area contributed by atoms with Gasteiger partial charge >= 0.3 is 0 Å². The Morgan fingerprint density at radius 3 is 2.71 bits per heavy atom. The first-order chi connectivity index (χ1) is 10.1. The molecule has 0 fully saturated rings. The van der Waals surface area contributed by atoms with Gasteiger partial charge in [0.1, 0.15) is 5.82 Å². The third-order valence-corrected chi connectivity index (χ3v) is 3.25. The zero-order chi connectivity index (χ0) is 14.8. The summed E-state index contributed by atoms with van der Waals surface area (Å²) < 4.78 is 1.30. The molecule has 2 N–H and O–H groups in total. The fraction of sp³-hybridized carbons (Fsp3) is 0.167. The van der Waals surface area contributed by atoms with Gasteiger partial charge in [-0.05, 0) is 46.3 Å². The van der Waals surface area contributed by atoms with Crippen LogP contribution in [0, 0.1) is 0 Å². The number of aromatic nitrogens is 5. The summed E-state index contributed by atoms with van der Waals surface area (Å²) in [5, 5.41) is 29.2. The SMILES string of the molecule is OC(CNc1ccc2nnnn2n1)c1cc(Cl)cc(Cl)c1. The Labute approximate surface area is 129 Å². The van der Waals surface area contributed by atoms with Gasteiger partial charge in [0, 0.05) is 16.6 Å². The van der Waals surface area contributed by atoms with E-state index in [4.69, 9.17) is 23.2 Å². The number of anilines is 1. The fourth-order valence-electron chi connectivity index (χ4n) is 1.83. The van der Waals surface area contributed by atoms with Crippen LogP contribution in [0.4, 0.5) is 5.82 Å². The Kier molecular flexibility index (Phi) is 3.87. The molecule has 1 unspecified atom stereocenters. The Morgan fingerprint density at radius 1 is 1.19 bits per heavy atom. The number of nitrogens with zero attached hydrogens (tertiary/aromatic N) is 5. The van der Waals surface area contributed by atoms with Gasteiger partial charge < -0.3 is 10.4 Å². The number of halogens is 2. The first kappa shape index (κ1) is 14.0. The number of tetrazole rings is 1. The maximum Gasteiger partial charge on any atom is 0.200 e. The second-order valence-electron chi connectivity index (χ2n) is 4.34. The highest BCUT2D eigenvalue weighted by molar-refractivity contribution is 6.34. The number of aliphatic hydroxyl groups excluding tert-OH is 1. The van der Waals surface area contributed by atoms with E-state index in [1.54, 1.807) is 30.3 Å². The summed E-state index contributed by atoms with van der Waals surface area (Å²) in [6, 6.07) is 8.39. The molecule has 108 valence electrons. The van der Waals surface area contributed by atoms with Crippen molar-refractivity contribution in [1.82, 2.24) is 25.3 Å². The number of benzene rings is 1. The largest absolute Gasteiger partial charge is 0.387 e. The maximum absolute atomic E-state index is 10.1. The zero-order valence-corrected chi connectivity index (χ0v) is 12.1. The zero-order valence-electron chi connectivity index (χ0n) is 10.6. The summed E-state index contributed by atoms with van der Waals surface area (Å²) >= 11 is 11.8. The van der Waals surface area contributed by atoms with Crippen molar-refractivity contribution < 1.29 is 5.11 Å². The van der Waals surface area contributed by atoms with E-state index in [2.05, 4.69) is 25.9 Å². The van der Waals surface area contributed by atoms with Gasteiger partial charge in [-0.2, -0.15) is 0 Å². The molecule has 21 heavy (non-hydrogen) atoms. The summed E-state index contributed by atoms with van der Waals surface area (Å²) in [6.45, 7) is 0.247. The van der Waals surface area contributed by atoms with E-state index in [-0.39, 0.29) is 6.54 Å². The van der Waals surface area contributed by atoms with Crippen molar-refractivity contribution in [3.05, 3.63) is 45.9 Å². The van der Waals surface area contributed by atoms with Gasteiger partial charge in [-0.3, -0.25) is 0 Å². The lowest BCUT2D eigenvalue weighted by Gasteiger charge is -2.13. The fourth-order valence-corrected chi connectivity index (χ4v) is 2.37. The Bertz CT molecular complexity index is 757. The highest BCUT2D eigenvalue weighted by Gasteiger charge is 2.10. The molecule has 9 heteroatoms. The summed E-state index contributed by atoms with van der Waals surface area (Å²) in [6.07, 6.45) is -0.771. The molecule has 1 aromatic carbocycles. The van der Waals surface area contributed by atoms with E-state index in [1.807, 2.05) is 0 Å². The highest BCUT2D eigenvalue weighted by Crippen LogP contribution is 2.23. The normalized spacial score (nSPS) is 12.5. The molecular formula is C12H10Cl2N6O. The molecule has 0 bridgehead atoms. The van der Waals surface area contributed by atoms with Gasteiger partial charge in [0.05, 0.1) is 6.10 Å². The van der Waals surface area contributed by atoms with Crippen LogP contribution in [0.25, 0.3) is 5.65 Å². The minimum absolute atomic E-state index is 0.247.